The number of aromatic amines is 1. The maximum atomic E-state index is 12.5. The van der Waals surface area contributed by atoms with Gasteiger partial charge in [-0.25, -0.2) is 0 Å². The van der Waals surface area contributed by atoms with Gasteiger partial charge in [0.15, 0.2) is 0 Å². The Balaban J connectivity index is 1.73. The first kappa shape index (κ1) is 16.6. The maximum absolute atomic E-state index is 12.5. The number of nitrogens with one attached hydrogen (secondary N) is 3. The Morgan fingerprint density at radius 3 is 2.67 bits per heavy atom. The summed E-state index contributed by atoms with van der Waals surface area (Å²) in [5, 5.41) is 6.93. The van der Waals surface area contributed by atoms with Crippen molar-refractivity contribution in [2.45, 2.75) is 57.5 Å². The lowest BCUT2D eigenvalue weighted by Crippen LogP contribution is -2.62. The van der Waals surface area contributed by atoms with Crippen LogP contribution in [0.25, 0.3) is 10.9 Å². The predicted molar refractivity (Wildman–Crippen MR) is 94.7 cm³/mol. The molecule has 0 radical (unpaired) electrons. The first-order chi connectivity index (χ1) is 11.6. The summed E-state index contributed by atoms with van der Waals surface area (Å²) in [4.78, 5) is 28.1. The SMILES string of the molecule is CCCCC[C@H]1NC(=O)[C@@H](C(C)c2c[nH]c3ccccc23)NC1=O. The molecule has 3 atom stereocenters. The number of unbranched alkanes of at least 4 members (excludes halogenated alkanes) is 2. The van der Waals surface area contributed by atoms with E-state index < -0.39 is 12.1 Å². The highest BCUT2D eigenvalue weighted by Crippen LogP contribution is 2.28. The van der Waals surface area contributed by atoms with Crippen molar-refractivity contribution in [3.05, 3.63) is 36.0 Å². The van der Waals surface area contributed by atoms with Gasteiger partial charge < -0.3 is 15.6 Å². The molecule has 1 unspecified atom stereocenters. The Kier molecular flexibility index (Phi) is 4.88. The van der Waals surface area contributed by atoms with Crippen LogP contribution in [0.3, 0.4) is 0 Å². The zero-order valence-corrected chi connectivity index (χ0v) is 14.3. The Morgan fingerprint density at radius 2 is 1.88 bits per heavy atom. The number of para-hydroxylation sites is 1. The van der Waals surface area contributed by atoms with Crippen molar-refractivity contribution >= 4 is 22.7 Å². The molecule has 1 saturated heterocycles. The third kappa shape index (κ3) is 3.16. The van der Waals surface area contributed by atoms with Crippen LogP contribution in [0.1, 0.15) is 51.0 Å². The molecule has 1 fully saturated rings. The maximum Gasteiger partial charge on any atom is 0.243 e. The van der Waals surface area contributed by atoms with Gasteiger partial charge >= 0.3 is 0 Å². The van der Waals surface area contributed by atoms with Gasteiger partial charge in [0.2, 0.25) is 11.8 Å². The van der Waals surface area contributed by atoms with Gasteiger partial charge in [0.25, 0.3) is 0 Å². The summed E-state index contributed by atoms with van der Waals surface area (Å²) in [7, 11) is 0. The van der Waals surface area contributed by atoms with Gasteiger partial charge in [0, 0.05) is 23.0 Å². The highest BCUT2D eigenvalue weighted by Gasteiger charge is 2.37. The molecule has 5 nitrogen and oxygen atoms in total. The van der Waals surface area contributed by atoms with Crippen LogP contribution >= 0.6 is 0 Å². The van der Waals surface area contributed by atoms with Gasteiger partial charge in [0.1, 0.15) is 12.1 Å². The van der Waals surface area contributed by atoms with Crippen molar-refractivity contribution in [1.29, 1.82) is 0 Å². The van der Waals surface area contributed by atoms with E-state index >= 15 is 0 Å². The van der Waals surface area contributed by atoms with Crippen LogP contribution in [0.5, 0.6) is 0 Å². The minimum absolute atomic E-state index is 0.0672. The average Bonchev–Trinajstić information content (AvgIpc) is 3.01. The van der Waals surface area contributed by atoms with E-state index in [0.717, 1.165) is 35.7 Å². The van der Waals surface area contributed by atoms with Gasteiger partial charge in [0.05, 0.1) is 0 Å². The van der Waals surface area contributed by atoms with E-state index in [1.807, 2.05) is 37.4 Å². The van der Waals surface area contributed by atoms with Crippen molar-refractivity contribution in [3.63, 3.8) is 0 Å². The van der Waals surface area contributed by atoms with Gasteiger partial charge in [-0.05, 0) is 18.1 Å². The van der Waals surface area contributed by atoms with Gasteiger partial charge in [-0.1, -0.05) is 51.3 Å². The van der Waals surface area contributed by atoms with E-state index in [-0.39, 0.29) is 17.7 Å². The first-order valence-corrected chi connectivity index (χ1v) is 8.78. The molecule has 128 valence electrons. The molecule has 2 amide bonds. The second-order valence-corrected chi connectivity index (χ2v) is 6.62. The number of carbonyl (C=O) groups excluding carboxylic acids is 2. The van der Waals surface area contributed by atoms with Crippen molar-refractivity contribution in [3.8, 4) is 0 Å². The topological polar surface area (TPSA) is 74.0 Å². The third-order valence-electron chi connectivity index (χ3n) is 4.92. The molecule has 24 heavy (non-hydrogen) atoms. The van der Waals surface area contributed by atoms with Gasteiger partial charge in [-0.2, -0.15) is 0 Å². The lowest BCUT2D eigenvalue weighted by Gasteiger charge is -2.33. The molecule has 0 bridgehead atoms. The number of benzene rings is 1. The zero-order valence-electron chi connectivity index (χ0n) is 14.3. The molecular weight excluding hydrogens is 302 g/mol. The fourth-order valence-electron chi connectivity index (χ4n) is 3.45. The van der Waals surface area contributed by atoms with E-state index in [2.05, 4.69) is 22.5 Å². The summed E-state index contributed by atoms with van der Waals surface area (Å²) < 4.78 is 0. The van der Waals surface area contributed by atoms with E-state index in [9.17, 15) is 9.59 Å². The van der Waals surface area contributed by atoms with E-state index in [0.29, 0.717) is 6.42 Å². The van der Waals surface area contributed by atoms with E-state index in [1.165, 1.54) is 0 Å². The van der Waals surface area contributed by atoms with Crippen molar-refractivity contribution in [2.24, 2.45) is 0 Å². The van der Waals surface area contributed by atoms with E-state index in [1.54, 1.807) is 0 Å². The molecule has 1 aliphatic heterocycles. The number of piperazine rings is 1. The normalized spacial score (nSPS) is 22.2. The second kappa shape index (κ2) is 7.07. The van der Waals surface area contributed by atoms with Crippen molar-refractivity contribution in [1.82, 2.24) is 15.6 Å². The van der Waals surface area contributed by atoms with Gasteiger partial charge in [-0.3, -0.25) is 9.59 Å². The minimum Gasteiger partial charge on any atom is -0.361 e. The van der Waals surface area contributed by atoms with Crippen LogP contribution in [0.15, 0.2) is 30.5 Å². The number of hydrogen-bond acceptors (Lipinski definition) is 2. The minimum atomic E-state index is -0.529. The lowest BCUT2D eigenvalue weighted by atomic mass is 9.90. The molecule has 0 saturated carbocycles. The molecule has 3 N–H and O–H groups in total. The average molecular weight is 327 g/mol. The molecule has 3 rings (SSSR count). The molecule has 2 aromatic rings. The molecule has 5 heteroatoms. The lowest BCUT2D eigenvalue weighted by molar-refractivity contribution is -0.137. The van der Waals surface area contributed by atoms with Crippen molar-refractivity contribution in [2.75, 3.05) is 0 Å². The van der Waals surface area contributed by atoms with Crippen LogP contribution in [0.2, 0.25) is 0 Å². The molecular formula is C19H25N3O2. The number of hydrogen-bond donors (Lipinski definition) is 3. The molecule has 1 aromatic heterocycles. The molecule has 0 aliphatic carbocycles. The van der Waals surface area contributed by atoms with Crippen LogP contribution in [0.4, 0.5) is 0 Å². The standard InChI is InChI=1S/C19H25N3O2/c1-3-4-5-10-16-18(23)22-17(19(24)21-16)12(2)14-11-20-15-9-7-6-8-13(14)15/h6-9,11-12,16-17,20H,3-5,10H2,1-2H3,(H,21,24)(H,22,23)/t12?,16-,17-/m1/s1. The Hall–Kier alpha value is -2.30. The number of amides is 2. The third-order valence-corrected chi connectivity index (χ3v) is 4.92. The highest BCUT2D eigenvalue weighted by atomic mass is 16.2. The number of H-pyrrole nitrogens is 1. The predicted octanol–water partition coefficient (Wildman–Crippen LogP) is 2.83. The summed E-state index contributed by atoms with van der Waals surface area (Å²) in [6.07, 6.45) is 5.77. The number of rotatable bonds is 6. The largest absolute Gasteiger partial charge is 0.361 e. The smallest absolute Gasteiger partial charge is 0.243 e. The molecule has 2 heterocycles. The van der Waals surface area contributed by atoms with Crippen LogP contribution < -0.4 is 10.6 Å². The number of aromatic nitrogens is 1. The van der Waals surface area contributed by atoms with Crippen LogP contribution in [-0.2, 0) is 9.59 Å². The number of fused-ring (bicyclic) bond motifs is 1. The molecule has 0 spiro atoms. The second-order valence-electron chi connectivity index (χ2n) is 6.62. The molecule has 1 aromatic carbocycles. The Bertz CT molecular complexity index is 737. The van der Waals surface area contributed by atoms with Crippen LogP contribution in [0, 0.1) is 0 Å². The summed E-state index contributed by atoms with van der Waals surface area (Å²) in [6.45, 7) is 4.11. The van der Waals surface area contributed by atoms with Crippen molar-refractivity contribution < 1.29 is 9.59 Å². The summed E-state index contributed by atoms with van der Waals surface area (Å²) in [6, 6.07) is 7.08. The Labute approximate surface area is 142 Å². The number of carbonyl (C=O) groups is 2. The summed E-state index contributed by atoms with van der Waals surface area (Å²) in [5.41, 5.74) is 2.09. The fraction of sp³-hybridized carbons (Fsp3) is 0.474. The van der Waals surface area contributed by atoms with E-state index in [4.69, 9.17) is 0 Å². The monoisotopic (exact) mass is 327 g/mol. The summed E-state index contributed by atoms with van der Waals surface area (Å²) >= 11 is 0. The quantitative estimate of drug-likeness (QED) is 0.714. The van der Waals surface area contributed by atoms with Crippen LogP contribution in [-0.4, -0.2) is 28.9 Å². The summed E-state index contributed by atoms with van der Waals surface area (Å²) in [5.74, 6) is -0.252. The zero-order chi connectivity index (χ0) is 17.1. The van der Waals surface area contributed by atoms with Gasteiger partial charge in [-0.15, -0.1) is 0 Å². The Morgan fingerprint density at radius 1 is 1.08 bits per heavy atom. The first-order valence-electron chi connectivity index (χ1n) is 8.78. The molecule has 1 aliphatic rings. The highest BCUT2D eigenvalue weighted by molar-refractivity contribution is 5.98. The fourth-order valence-corrected chi connectivity index (χ4v) is 3.45.